The van der Waals surface area contributed by atoms with E-state index in [-0.39, 0.29) is 0 Å². The molecule has 1 fully saturated rings. The van der Waals surface area contributed by atoms with E-state index in [0.717, 1.165) is 27.5 Å². The van der Waals surface area contributed by atoms with E-state index in [1.54, 1.807) is 11.8 Å². The van der Waals surface area contributed by atoms with Crippen molar-refractivity contribution in [1.29, 1.82) is 0 Å². The highest BCUT2D eigenvalue weighted by molar-refractivity contribution is 7.99. The van der Waals surface area contributed by atoms with E-state index < -0.39 is 0 Å². The van der Waals surface area contributed by atoms with Crippen LogP contribution in [0, 0.1) is 6.92 Å². The predicted octanol–water partition coefficient (Wildman–Crippen LogP) is 4.45. The first-order chi connectivity index (χ1) is 9.70. The lowest BCUT2D eigenvalue weighted by atomic mass is 10.2. The molecule has 20 heavy (non-hydrogen) atoms. The van der Waals surface area contributed by atoms with Crippen LogP contribution in [0.4, 0.5) is 0 Å². The van der Waals surface area contributed by atoms with E-state index in [2.05, 4.69) is 29.4 Å². The van der Waals surface area contributed by atoms with Gasteiger partial charge in [-0.3, -0.25) is 0 Å². The number of halogens is 1. The van der Waals surface area contributed by atoms with Gasteiger partial charge in [-0.1, -0.05) is 35.5 Å². The van der Waals surface area contributed by atoms with Crippen LogP contribution in [0.3, 0.4) is 0 Å². The van der Waals surface area contributed by atoms with Gasteiger partial charge in [0.1, 0.15) is 5.03 Å². The van der Waals surface area contributed by atoms with Crippen molar-refractivity contribution < 1.29 is 0 Å². The smallest absolute Gasteiger partial charge is 0.104 e. The first-order valence-corrected chi connectivity index (χ1v) is 8.02. The Kier molecular flexibility index (Phi) is 4.29. The Morgan fingerprint density at radius 3 is 2.90 bits per heavy atom. The minimum absolute atomic E-state index is 0.732. The van der Waals surface area contributed by atoms with Gasteiger partial charge in [-0.2, -0.15) is 0 Å². The molecule has 1 saturated carbocycles. The standard InChI is InChI=1S/C16H17ClN2S/c1-11-7-12(9-18-14-5-6-14)10-19-16(11)20-15-4-2-3-13(17)8-15/h2-4,7-8,10,14,18H,5-6,9H2,1H3. The molecule has 1 heterocycles. The van der Waals surface area contributed by atoms with Gasteiger partial charge in [-0.05, 0) is 49.1 Å². The van der Waals surface area contributed by atoms with Gasteiger partial charge >= 0.3 is 0 Å². The van der Waals surface area contributed by atoms with Crippen molar-refractivity contribution in [2.75, 3.05) is 0 Å². The molecular weight excluding hydrogens is 288 g/mol. The Morgan fingerprint density at radius 2 is 2.20 bits per heavy atom. The fraction of sp³-hybridized carbons (Fsp3) is 0.312. The summed E-state index contributed by atoms with van der Waals surface area (Å²) in [6.07, 6.45) is 4.60. The molecule has 0 aliphatic heterocycles. The summed E-state index contributed by atoms with van der Waals surface area (Å²) in [6.45, 7) is 3.03. The number of aryl methyl sites for hydroxylation is 1. The third-order valence-corrected chi connectivity index (χ3v) is 4.62. The molecule has 2 nitrogen and oxygen atoms in total. The van der Waals surface area contributed by atoms with Crippen LogP contribution in [0.5, 0.6) is 0 Å². The van der Waals surface area contributed by atoms with Crippen LogP contribution in [0.25, 0.3) is 0 Å². The largest absolute Gasteiger partial charge is 0.310 e. The molecule has 0 unspecified atom stereocenters. The van der Waals surface area contributed by atoms with E-state index in [4.69, 9.17) is 11.6 Å². The first-order valence-electron chi connectivity index (χ1n) is 6.83. The maximum atomic E-state index is 6.01. The third kappa shape index (κ3) is 3.75. The summed E-state index contributed by atoms with van der Waals surface area (Å²) >= 11 is 7.67. The fourth-order valence-electron chi connectivity index (χ4n) is 2.02. The minimum atomic E-state index is 0.732. The molecule has 1 N–H and O–H groups in total. The number of rotatable bonds is 5. The number of nitrogens with one attached hydrogen (secondary N) is 1. The molecule has 0 saturated heterocycles. The highest BCUT2D eigenvalue weighted by Crippen LogP contribution is 2.30. The second kappa shape index (κ2) is 6.17. The van der Waals surface area contributed by atoms with Crippen LogP contribution in [0.15, 0.2) is 46.5 Å². The molecule has 1 aromatic heterocycles. The van der Waals surface area contributed by atoms with Gasteiger partial charge in [0, 0.05) is 28.7 Å². The van der Waals surface area contributed by atoms with E-state index in [0.29, 0.717) is 0 Å². The fourth-order valence-corrected chi connectivity index (χ4v) is 3.15. The third-order valence-electron chi connectivity index (χ3n) is 3.27. The van der Waals surface area contributed by atoms with Crippen LogP contribution in [-0.2, 0) is 6.54 Å². The highest BCUT2D eigenvalue weighted by atomic mass is 35.5. The SMILES string of the molecule is Cc1cc(CNC2CC2)cnc1Sc1cccc(Cl)c1. The molecule has 3 rings (SSSR count). The minimum Gasteiger partial charge on any atom is -0.310 e. The zero-order valence-corrected chi connectivity index (χ0v) is 13.0. The number of pyridine rings is 1. The van der Waals surface area contributed by atoms with Crippen molar-refractivity contribution in [3.63, 3.8) is 0 Å². The molecule has 0 radical (unpaired) electrons. The quantitative estimate of drug-likeness (QED) is 0.883. The van der Waals surface area contributed by atoms with Crippen LogP contribution < -0.4 is 5.32 Å². The van der Waals surface area contributed by atoms with E-state index in [1.807, 2.05) is 24.4 Å². The number of hydrogen-bond acceptors (Lipinski definition) is 3. The predicted molar refractivity (Wildman–Crippen MR) is 84.4 cm³/mol. The van der Waals surface area contributed by atoms with Gasteiger partial charge in [0.2, 0.25) is 0 Å². The van der Waals surface area contributed by atoms with E-state index in [9.17, 15) is 0 Å². The van der Waals surface area contributed by atoms with Crippen molar-refractivity contribution >= 4 is 23.4 Å². The van der Waals surface area contributed by atoms with Crippen LogP contribution in [0.2, 0.25) is 5.02 Å². The van der Waals surface area contributed by atoms with Crippen LogP contribution in [-0.4, -0.2) is 11.0 Å². The summed E-state index contributed by atoms with van der Waals surface area (Å²) < 4.78 is 0. The molecular formula is C16H17ClN2S. The summed E-state index contributed by atoms with van der Waals surface area (Å²) in [5.74, 6) is 0. The van der Waals surface area contributed by atoms with Gasteiger partial charge in [0.25, 0.3) is 0 Å². The topological polar surface area (TPSA) is 24.9 Å². The lowest BCUT2D eigenvalue weighted by Gasteiger charge is -2.08. The lowest BCUT2D eigenvalue weighted by Crippen LogP contribution is -2.15. The lowest BCUT2D eigenvalue weighted by molar-refractivity contribution is 0.684. The molecule has 0 bridgehead atoms. The average molecular weight is 305 g/mol. The Morgan fingerprint density at radius 1 is 1.35 bits per heavy atom. The number of benzene rings is 1. The zero-order chi connectivity index (χ0) is 13.9. The van der Waals surface area contributed by atoms with Crippen molar-refractivity contribution in [3.8, 4) is 0 Å². The molecule has 1 aromatic carbocycles. The van der Waals surface area contributed by atoms with Crippen LogP contribution in [0.1, 0.15) is 24.0 Å². The summed E-state index contributed by atoms with van der Waals surface area (Å²) in [7, 11) is 0. The second-order valence-electron chi connectivity index (χ2n) is 5.18. The maximum Gasteiger partial charge on any atom is 0.104 e. The van der Waals surface area contributed by atoms with E-state index in [1.165, 1.54) is 24.0 Å². The Hall–Kier alpha value is -1.03. The van der Waals surface area contributed by atoms with Crippen molar-refractivity contribution in [3.05, 3.63) is 52.7 Å². The molecule has 0 amide bonds. The molecule has 1 aliphatic rings. The number of hydrogen-bond donors (Lipinski definition) is 1. The molecule has 0 atom stereocenters. The summed E-state index contributed by atoms with van der Waals surface area (Å²) in [5.41, 5.74) is 2.47. The molecule has 0 spiro atoms. The van der Waals surface area contributed by atoms with Crippen molar-refractivity contribution in [2.24, 2.45) is 0 Å². The second-order valence-corrected chi connectivity index (χ2v) is 6.68. The maximum absolute atomic E-state index is 6.01. The van der Waals surface area contributed by atoms with Gasteiger partial charge in [0.05, 0.1) is 0 Å². The molecule has 4 heteroatoms. The van der Waals surface area contributed by atoms with E-state index >= 15 is 0 Å². The Labute approximate surface area is 129 Å². The summed E-state index contributed by atoms with van der Waals surface area (Å²) in [4.78, 5) is 5.70. The number of nitrogens with zero attached hydrogens (tertiary/aromatic N) is 1. The van der Waals surface area contributed by atoms with Crippen molar-refractivity contribution in [1.82, 2.24) is 10.3 Å². The molecule has 2 aromatic rings. The normalized spacial score (nSPS) is 14.5. The van der Waals surface area contributed by atoms with Crippen molar-refractivity contribution in [2.45, 2.75) is 42.3 Å². The average Bonchev–Trinajstić information content (AvgIpc) is 3.23. The Bertz CT molecular complexity index is 611. The Balaban J connectivity index is 1.69. The zero-order valence-electron chi connectivity index (χ0n) is 11.4. The first kappa shape index (κ1) is 13.9. The molecule has 1 aliphatic carbocycles. The number of aromatic nitrogens is 1. The van der Waals surface area contributed by atoms with Gasteiger partial charge < -0.3 is 5.32 Å². The summed E-state index contributed by atoms with van der Waals surface area (Å²) in [6, 6.07) is 10.8. The monoisotopic (exact) mass is 304 g/mol. The van der Waals surface area contributed by atoms with Gasteiger partial charge in [-0.15, -0.1) is 0 Å². The molecule has 104 valence electrons. The summed E-state index contributed by atoms with van der Waals surface area (Å²) in [5, 5.41) is 5.32. The van der Waals surface area contributed by atoms with Gasteiger partial charge in [-0.25, -0.2) is 4.98 Å². The van der Waals surface area contributed by atoms with Gasteiger partial charge in [0.15, 0.2) is 0 Å². The van der Waals surface area contributed by atoms with Crippen LogP contribution >= 0.6 is 23.4 Å². The highest BCUT2D eigenvalue weighted by Gasteiger charge is 2.20.